The fourth-order valence-corrected chi connectivity index (χ4v) is 5.48. The second-order valence-electron chi connectivity index (χ2n) is 8.29. The summed E-state index contributed by atoms with van der Waals surface area (Å²) < 4.78 is 20.6. The molecule has 0 aliphatic heterocycles. The molecule has 172 valence electrons. The van der Waals surface area contributed by atoms with Crippen molar-refractivity contribution in [1.82, 2.24) is 4.57 Å². The number of halogens is 1. The topological polar surface area (TPSA) is 72.4 Å². The lowest BCUT2D eigenvalue weighted by atomic mass is 9.87. The number of aryl methyl sites for hydroxylation is 2. The van der Waals surface area contributed by atoms with Crippen LogP contribution in [-0.4, -0.2) is 9.67 Å². The summed E-state index contributed by atoms with van der Waals surface area (Å²) in [7, 11) is 0. The zero-order valence-corrected chi connectivity index (χ0v) is 19.1. The molecule has 7 heteroatoms. The van der Waals surface area contributed by atoms with Crippen molar-refractivity contribution in [2.45, 2.75) is 22.6 Å². The first-order valence-corrected chi connectivity index (χ1v) is 11.9. The number of hydrogen-bond donors (Lipinski definition) is 1. The van der Waals surface area contributed by atoms with E-state index in [0.717, 1.165) is 22.9 Å². The molecule has 0 fully saturated rings. The summed E-state index contributed by atoms with van der Waals surface area (Å²) in [4.78, 5) is 27.4. The monoisotopic (exact) mass is 483 g/mol. The molecule has 0 spiro atoms. The molecule has 0 bridgehead atoms. The quantitative estimate of drug-likeness (QED) is 0.356. The third-order valence-corrected chi connectivity index (χ3v) is 7.30. The van der Waals surface area contributed by atoms with Crippen LogP contribution in [0.5, 0.6) is 5.75 Å². The number of aromatic hydroxyl groups is 1. The lowest BCUT2D eigenvalue weighted by Crippen LogP contribution is -2.25. The fraction of sp³-hybridized carbons (Fsp3) is 0.0714. The van der Waals surface area contributed by atoms with Crippen LogP contribution in [0.1, 0.15) is 11.1 Å². The number of rotatable bonds is 3. The summed E-state index contributed by atoms with van der Waals surface area (Å²) in [5, 5.41) is 11.2. The van der Waals surface area contributed by atoms with Crippen molar-refractivity contribution in [1.29, 1.82) is 0 Å². The highest BCUT2D eigenvalue weighted by Gasteiger charge is 2.29. The normalized spacial score (nSPS) is 12.4. The van der Waals surface area contributed by atoms with E-state index in [1.165, 1.54) is 24.3 Å². The minimum Gasteiger partial charge on any atom is -0.505 e. The number of pyridine rings is 1. The maximum absolute atomic E-state index is 14.0. The fourth-order valence-electron chi connectivity index (χ4n) is 4.65. The van der Waals surface area contributed by atoms with Crippen molar-refractivity contribution < 1.29 is 13.9 Å². The van der Waals surface area contributed by atoms with Crippen molar-refractivity contribution >= 4 is 22.7 Å². The molecule has 3 aromatic carbocycles. The zero-order valence-electron chi connectivity index (χ0n) is 18.3. The summed E-state index contributed by atoms with van der Waals surface area (Å²) in [6.45, 7) is 0. The first-order valence-electron chi connectivity index (χ1n) is 11.1. The molecule has 35 heavy (non-hydrogen) atoms. The van der Waals surface area contributed by atoms with Gasteiger partial charge in [0.15, 0.2) is 11.3 Å². The highest BCUT2D eigenvalue weighted by Crippen LogP contribution is 2.41. The molecule has 5 aromatic rings. The smallest absolute Gasteiger partial charge is 0.354 e. The van der Waals surface area contributed by atoms with Gasteiger partial charge in [0.05, 0.1) is 5.69 Å². The Labute approximate surface area is 203 Å². The molecule has 2 aromatic heterocycles. The molecule has 2 heterocycles. The number of hydrogen-bond acceptors (Lipinski definition) is 5. The van der Waals surface area contributed by atoms with Gasteiger partial charge in [0.1, 0.15) is 16.1 Å². The molecule has 5 nitrogen and oxygen atoms in total. The number of fused-ring (bicyclic) bond motifs is 5. The van der Waals surface area contributed by atoms with Crippen molar-refractivity contribution in [3.63, 3.8) is 0 Å². The molecule has 6 rings (SSSR count). The predicted molar refractivity (Wildman–Crippen MR) is 133 cm³/mol. The Morgan fingerprint density at radius 3 is 2.37 bits per heavy atom. The van der Waals surface area contributed by atoms with Gasteiger partial charge in [-0.25, -0.2) is 9.18 Å². The summed E-state index contributed by atoms with van der Waals surface area (Å²) in [6, 6.07) is 22.6. The standard InChI is InChI=1S/C28H18FNO4S/c29-17-11-13-19(14-12-17)35-26-24(31)22-25(34-28(26)33)21-15-10-16-6-4-5-9-20(16)23(21)30(27(22)32)18-7-2-1-3-8-18/h1-9,11-14,31H,10,15H2. The van der Waals surface area contributed by atoms with Crippen molar-refractivity contribution in [3.8, 4) is 22.7 Å². The van der Waals surface area contributed by atoms with Gasteiger partial charge in [0.2, 0.25) is 0 Å². The van der Waals surface area contributed by atoms with Gasteiger partial charge in [-0.3, -0.25) is 9.36 Å². The van der Waals surface area contributed by atoms with Gasteiger partial charge in [0, 0.05) is 21.7 Å². The maximum atomic E-state index is 14.0. The average molecular weight is 484 g/mol. The average Bonchev–Trinajstić information content (AvgIpc) is 2.88. The first kappa shape index (κ1) is 21.4. The van der Waals surface area contributed by atoms with Crippen LogP contribution in [0.25, 0.3) is 27.9 Å². The minimum absolute atomic E-state index is 0.0452. The van der Waals surface area contributed by atoms with Crippen LogP contribution in [0.4, 0.5) is 4.39 Å². The van der Waals surface area contributed by atoms with Crippen LogP contribution in [0, 0.1) is 5.82 Å². The minimum atomic E-state index is -0.748. The Kier molecular flexibility index (Phi) is 5.07. The van der Waals surface area contributed by atoms with E-state index in [1.54, 1.807) is 4.57 Å². The van der Waals surface area contributed by atoms with Crippen LogP contribution < -0.4 is 11.2 Å². The van der Waals surface area contributed by atoms with Crippen molar-refractivity contribution in [3.05, 3.63) is 117 Å². The van der Waals surface area contributed by atoms with E-state index < -0.39 is 22.8 Å². The van der Waals surface area contributed by atoms with Gasteiger partial charge >= 0.3 is 5.63 Å². The molecule has 1 N–H and O–H groups in total. The van der Waals surface area contributed by atoms with E-state index in [2.05, 4.69) is 0 Å². The molecule has 0 saturated heterocycles. The maximum Gasteiger partial charge on any atom is 0.354 e. The van der Waals surface area contributed by atoms with E-state index in [4.69, 9.17) is 4.42 Å². The Balaban J connectivity index is 1.70. The van der Waals surface area contributed by atoms with Crippen LogP contribution in [-0.2, 0) is 12.8 Å². The highest BCUT2D eigenvalue weighted by atomic mass is 32.2. The summed E-state index contributed by atoms with van der Waals surface area (Å²) in [6.07, 6.45) is 1.25. The summed E-state index contributed by atoms with van der Waals surface area (Å²) >= 11 is 0.930. The van der Waals surface area contributed by atoms with Crippen molar-refractivity contribution in [2.24, 2.45) is 0 Å². The number of para-hydroxylation sites is 1. The van der Waals surface area contributed by atoms with Gasteiger partial charge < -0.3 is 9.52 Å². The van der Waals surface area contributed by atoms with E-state index in [-0.39, 0.29) is 15.9 Å². The SMILES string of the molecule is O=c1oc2c3c(n(-c4ccccc4)c(=O)c2c(O)c1Sc1ccc(F)cc1)-c1ccccc1CC3. The molecule has 1 aliphatic rings. The van der Waals surface area contributed by atoms with Gasteiger partial charge in [-0.2, -0.15) is 0 Å². The van der Waals surface area contributed by atoms with Gasteiger partial charge in [-0.1, -0.05) is 54.2 Å². The lowest BCUT2D eigenvalue weighted by molar-refractivity contribution is 0.445. The molecular formula is C28H18FNO4S. The third kappa shape index (κ3) is 3.47. The van der Waals surface area contributed by atoms with Gasteiger partial charge in [0.25, 0.3) is 5.56 Å². The van der Waals surface area contributed by atoms with E-state index >= 15 is 0 Å². The first-order chi connectivity index (χ1) is 17.0. The predicted octanol–water partition coefficient (Wildman–Crippen LogP) is 5.71. The van der Waals surface area contributed by atoms with Gasteiger partial charge in [-0.15, -0.1) is 0 Å². The molecule has 0 saturated carbocycles. The molecule has 0 atom stereocenters. The molecular weight excluding hydrogens is 465 g/mol. The van der Waals surface area contributed by atoms with Crippen LogP contribution >= 0.6 is 11.8 Å². The van der Waals surface area contributed by atoms with Crippen LogP contribution in [0.15, 0.2) is 103 Å². The van der Waals surface area contributed by atoms with E-state index in [9.17, 15) is 19.1 Å². The number of aromatic nitrogens is 1. The summed E-state index contributed by atoms with van der Waals surface area (Å²) in [5.74, 6) is -0.844. The highest BCUT2D eigenvalue weighted by molar-refractivity contribution is 7.99. The molecule has 1 aliphatic carbocycles. The number of benzene rings is 3. The second kappa shape index (κ2) is 8.29. The summed E-state index contributed by atoms with van der Waals surface area (Å²) in [5.41, 5.74) is 2.88. The zero-order chi connectivity index (χ0) is 24.1. The molecule has 0 amide bonds. The van der Waals surface area contributed by atoms with Gasteiger partial charge in [-0.05, 0) is 54.8 Å². The lowest BCUT2D eigenvalue weighted by Gasteiger charge is -2.25. The van der Waals surface area contributed by atoms with Crippen LogP contribution in [0.3, 0.4) is 0 Å². The Morgan fingerprint density at radius 1 is 0.886 bits per heavy atom. The van der Waals surface area contributed by atoms with E-state index in [0.29, 0.717) is 34.7 Å². The molecule has 0 unspecified atom stereocenters. The van der Waals surface area contributed by atoms with E-state index in [1.807, 2.05) is 54.6 Å². The molecule has 0 radical (unpaired) electrons. The largest absolute Gasteiger partial charge is 0.505 e. The Morgan fingerprint density at radius 2 is 1.60 bits per heavy atom. The third-order valence-electron chi connectivity index (χ3n) is 6.22. The van der Waals surface area contributed by atoms with Crippen molar-refractivity contribution in [2.75, 3.05) is 0 Å². The number of nitrogens with zero attached hydrogens (tertiary/aromatic N) is 1. The Bertz CT molecular complexity index is 1720. The second-order valence-corrected chi connectivity index (χ2v) is 9.37. The Hall–Kier alpha value is -4.10. The van der Waals surface area contributed by atoms with Crippen LogP contribution in [0.2, 0.25) is 0 Å².